The smallest absolute Gasteiger partial charge is 0.124 e. The van der Waals surface area contributed by atoms with Crippen LogP contribution < -0.4 is 0 Å². The van der Waals surface area contributed by atoms with E-state index >= 15 is 0 Å². The highest BCUT2D eigenvalue weighted by Crippen LogP contribution is 2.18. The fourth-order valence-corrected chi connectivity index (χ4v) is 2.64. The van der Waals surface area contributed by atoms with Crippen LogP contribution in [0.3, 0.4) is 0 Å². The summed E-state index contributed by atoms with van der Waals surface area (Å²) in [6, 6.07) is 4.89. The summed E-state index contributed by atoms with van der Waals surface area (Å²) in [6.07, 6.45) is 2.50. The molecule has 102 valence electrons. The highest BCUT2D eigenvalue weighted by molar-refractivity contribution is 5.37. The second kappa shape index (κ2) is 6.70. The van der Waals surface area contributed by atoms with E-state index in [0.29, 0.717) is 5.56 Å². The molecule has 0 bridgehead atoms. The minimum Gasteiger partial charge on any atom is -0.384 e. The molecule has 1 N–H and O–H groups in total. The quantitative estimate of drug-likeness (QED) is 0.826. The number of piperidine rings is 1. The average molecular weight is 261 g/mol. The second-order valence-electron chi connectivity index (χ2n) is 5.29. The van der Waals surface area contributed by atoms with Crippen molar-refractivity contribution >= 4 is 0 Å². The molecule has 1 heterocycles. The minimum absolute atomic E-state index is 0.199. The maximum absolute atomic E-state index is 13.5. The van der Waals surface area contributed by atoms with E-state index in [9.17, 15) is 4.39 Å². The lowest BCUT2D eigenvalue weighted by Gasteiger charge is -2.30. The Bertz CT molecular complexity index is 489. The Morgan fingerprint density at radius 3 is 3.00 bits per heavy atom. The van der Waals surface area contributed by atoms with Gasteiger partial charge in [-0.2, -0.15) is 0 Å². The first-order valence-corrected chi connectivity index (χ1v) is 6.79. The minimum atomic E-state index is -0.259. The monoisotopic (exact) mass is 261 g/mol. The molecule has 0 radical (unpaired) electrons. The van der Waals surface area contributed by atoms with Crippen LogP contribution in [-0.4, -0.2) is 29.7 Å². The summed E-state index contributed by atoms with van der Waals surface area (Å²) < 4.78 is 13.5. The van der Waals surface area contributed by atoms with Gasteiger partial charge in [0.05, 0.1) is 0 Å². The van der Waals surface area contributed by atoms with Gasteiger partial charge in [-0.1, -0.05) is 18.8 Å². The molecule has 19 heavy (non-hydrogen) atoms. The summed E-state index contributed by atoms with van der Waals surface area (Å²) in [6.45, 7) is 4.99. The predicted molar refractivity (Wildman–Crippen MR) is 74.0 cm³/mol. The van der Waals surface area contributed by atoms with Gasteiger partial charge in [0.2, 0.25) is 0 Å². The zero-order chi connectivity index (χ0) is 13.7. The van der Waals surface area contributed by atoms with Crippen LogP contribution in [0.2, 0.25) is 0 Å². The number of rotatable bonds is 2. The molecule has 1 aliphatic heterocycles. The van der Waals surface area contributed by atoms with Crippen LogP contribution in [0.5, 0.6) is 0 Å². The summed E-state index contributed by atoms with van der Waals surface area (Å²) in [7, 11) is 0. The molecule has 1 atom stereocenters. The molecule has 0 amide bonds. The highest BCUT2D eigenvalue weighted by Gasteiger charge is 2.16. The Kier molecular flexibility index (Phi) is 4.95. The molecule has 3 heteroatoms. The first-order valence-electron chi connectivity index (χ1n) is 6.79. The normalized spacial score (nSPS) is 19.8. The van der Waals surface area contributed by atoms with Crippen molar-refractivity contribution in [3.05, 3.63) is 35.1 Å². The molecule has 0 saturated carbocycles. The van der Waals surface area contributed by atoms with Crippen molar-refractivity contribution in [2.24, 2.45) is 5.92 Å². The van der Waals surface area contributed by atoms with Crippen molar-refractivity contribution < 1.29 is 9.50 Å². The summed E-state index contributed by atoms with van der Waals surface area (Å²) in [4.78, 5) is 2.37. The van der Waals surface area contributed by atoms with Gasteiger partial charge in [-0.25, -0.2) is 4.39 Å². The van der Waals surface area contributed by atoms with Gasteiger partial charge in [0, 0.05) is 18.7 Å². The standard InChI is InChI=1S/C16H20FNO/c1-13-4-2-6-18(11-13)12-15-8-14(5-3-7-19)9-16(17)10-15/h8-10,13,19H,2,4,6-7,11-12H2,1H3. The topological polar surface area (TPSA) is 23.5 Å². The number of aliphatic hydroxyl groups is 1. The molecule has 1 aliphatic rings. The van der Waals surface area contributed by atoms with Crippen LogP contribution in [0.4, 0.5) is 4.39 Å². The van der Waals surface area contributed by atoms with Crippen LogP contribution in [-0.2, 0) is 6.54 Å². The molecule has 1 aromatic carbocycles. The van der Waals surface area contributed by atoms with Crippen LogP contribution in [0.15, 0.2) is 18.2 Å². The Hall–Kier alpha value is -1.37. The Labute approximate surface area is 114 Å². The third kappa shape index (κ3) is 4.34. The van der Waals surface area contributed by atoms with Crippen molar-refractivity contribution in [1.29, 1.82) is 0 Å². The van der Waals surface area contributed by atoms with Gasteiger partial charge in [-0.3, -0.25) is 4.90 Å². The van der Waals surface area contributed by atoms with E-state index in [1.807, 2.05) is 6.07 Å². The third-order valence-electron chi connectivity index (χ3n) is 3.42. The number of benzene rings is 1. The molecule has 1 unspecified atom stereocenters. The van der Waals surface area contributed by atoms with Gasteiger partial charge in [0.25, 0.3) is 0 Å². The SMILES string of the molecule is CC1CCCN(Cc2cc(F)cc(C#CCO)c2)C1. The van der Waals surface area contributed by atoms with E-state index in [1.54, 1.807) is 6.07 Å². The van der Waals surface area contributed by atoms with Gasteiger partial charge >= 0.3 is 0 Å². The van der Waals surface area contributed by atoms with Crippen LogP contribution in [0.25, 0.3) is 0 Å². The second-order valence-corrected chi connectivity index (χ2v) is 5.29. The van der Waals surface area contributed by atoms with Gasteiger partial charge in [0.15, 0.2) is 0 Å². The molecule has 0 aliphatic carbocycles. The number of aliphatic hydroxyl groups excluding tert-OH is 1. The number of hydrogen-bond donors (Lipinski definition) is 1. The zero-order valence-electron chi connectivity index (χ0n) is 11.3. The summed E-state index contributed by atoms with van der Waals surface area (Å²) >= 11 is 0. The Balaban J connectivity index is 2.09. The summed E-state index contributed by atoms with van der Waals surface area (Å²) in [5.41, 5.74) is 1.59. The van der Waals surface area contributed by atoms with E-state index in [0.717, 1.165) is 31.1 Å². The largest absolute Gasteiger partial charge is 0.384 e. The highest BCUT2D eigenvalue weighted by atomic mass is 19.1. The van der Waals surface area contributed by atoms with E-state index < -0.39 is 0 Å². The fraction of sp³-hybridized carbons (Fsp3) is 0.500. The third-order valence-corrected chi connectivity index (χ3v) is 3.42. The molecule has 1 aromatic rings. The lowest BCUT2D eigenvalue weighted by atomic mass is 9.99. The molecule has 2 nitrogen and oxygen atoms in total. The molecule has 0 spiro atoms. The fourth-order valence-electron chi connectivity index (χ4n) is 2.64. The van der Waals surface area contributed by atoms with Crippen molar-refractivity contribution in [2.45, 2.75) is 26.3 Å². The van der Waals surface area contributed by atoms with Crippen LogP contribution in [0, 0.1) is 23.6 Å². The van der Waals surface area contributed by atoms with Gasteiger partial charge in [-0.05, 0) is 49.1 Å². The summed E-state index contributed by atoms with van der Waals surface area (Å²) in [5.74, 6) is 5.78. The molecule has 1 fully saturated rings. The van der Waals surface area contributed by atoms with Gasteiger partial charge in [0.1, 0.15) is 12.4 Å². The first-order chi connectivity index (χ1) is 9.17. The van der Waals surface area contributed by atoms with Gasteiger partial charge < -0.3 is 5.11 Å². The number of nitrogens with zero attached hydrogens (tertiary/aromatic N) is 1. The van der Waals surface area contributed by atoms with Crippen molar-refractivity contribution in [1.82, 2.24) is 4.90 Å². The summed E-state index contributed by atoms with van der Waals surface area (Å²) in [5, 5.41) is 8.68. The average Bonchev–Trinajstić information content (AvgIpc) is 2.35. The first kappa shape index (κ1) is 14.0. The maximum Gasteiger partial charge on any atom is 0.124 e. The van der Waals surface area contributed by atoms with Crippen LogP contribution in [0.1, 0.15) is 30.9 Å². The van der Waals surface area contributed by atoms with Gasteiger partial charge in [-0.15, -0.1) is 0 Å². The molecule has 2 rings (SSSR count). The molecule has 1 saturated heterocycles. The molecule has 0 aromatic heterocycles. The van der Waals surface area contributed by atoms with Crippen molar-refractivity contribution in [2.75, 3.05) is 19.7 Å². The number of halogens is 1. The number of likely N-dealkylation sites (tertiary alicyclic amines) is 1. The van der Waals surface area contributed by atoms with E-state index in [1.165, 1.54) is 18.9 Å². The van der Waals surface area contributed by atoms with Crippen LogP contribution >= 0.6 is 0 Å². The van der Waals surface area contributed by atoms with E-state index in [-0.39, 0.29) is 12.4 Å². The molecular weight excluding hydrogens is 241 g/mol. The Morgan fingerprint density at radius 2 is 2.26 bits per heavy atom. The van der Waals surface area contributed by atoms with Crippen molar-refractivity contribution in [3.63, 3.8) is 0 Å². The molecular formula is C16H20FNO. The van der Waals surface area contributed by atoms with E-state index in [2.05, 4.69) is 23.7 Å². The lowest BCUT2D eigenvalue weighted by Crippen LogP contribution is -2.33. The van der Waals surface area contributed by atoms with E-state index in [4.69, 9.17) is 5.11 Å². The lowest BCUT2D eigenvalue weighted by molar-refractivity contribution is 0.176. The maximum atomic E-state index is 13.5. The Morgan fingerprint density at radius 1 is 1.42 bits per heavy atom. The van der Waals surface area contributed by atoms with Crippen molar-refractivity contribution in [3.8, 4) is 11.8 Å². The zero-order valence-corrected chi connectivity index (χ0v) is 11.3. The predicted octanol–water partition coefficient (Wildman–Crippen LogP) is 2.40. The number of hydrogen-bond acceptors (Lipinski definition) is 2.